The normalized spacial score (nSPS) is 26.0. The molecule has 3 rings (SSSR count). The van der Waals surface area contributed by atoms with Gasteiger partial charge in [-0.1, -0.05) is 0 Å². The molecule has 2 fully saturated rings. The van der Waals surface area contributed by atoms with Crippen molar-refractivity contribution in [1.29, 1.82) is 0 Å². The lowest BCUT2D eigenvalue weighted by Gasteiger charge is -2.49. The Morgan fingerprint density at radius 1 is 1.57 bits per heavy atom. The number of likely N-dealkylation sites (tertiary alicyclic amines) is 1. The number of hydrogen-bond donors (Lipinski definition) is 0. The number of rotatable bonds is 3. The third-order valence-electron chi connectivity index (χ3n) is 4.61. The Bertz CT molecular complexity index is 660. The SMILES string of the molecule is COCC1CCS(=O)(=O)C12CN(C(=O)c1ocnc1C)C2. The van der Waals surface area contributed by atoms with Gasteiger partial charge in [-0.25, -0.2) is 13.4 Å². The molecule has 1 unspecified atom stereocenters. The van der Waals surface area contributed by atoms with Gasteiger partial charge >= 0.3 is 0 Å². The number of aromatic nitrogens is 1. The summed E-state index contributed by atoms with van der Waals surface area (Å²) in [5.74, 6) is 0.00880. The van der Waals surface area contributed by atoms with Crippen molar-refractivity contribution in [3.05, 3.63) is 17.8 Å². The Morgan fingerprint density at radius 3 is 2.86 bits per heavy atom. The van der Waals surface area contributed by atoms with E-state index in [9.17, 15) is 13.2 Å². The molecule has 0 aliphatic carbocycles. The Labute approximate surface area is 123 Å². The summed E-state index contributed by atoms with van der Waals surface area (Å²) >= 11 is 0. The fourth-order valence-electron chi connectivity index (χ4n) is 3.30. The van der Waals surface area contributed by atoms with E-state index in [0.29, 0.717) is 18.7 Å². The van der Waals surface area contributed by atoms with Crippen molar-refractivity contribution in [3.63, 3.8) is 0 Å². The topological polar surface area (TPSA) is 89.7 Å². The average Bonchev–Trinajstić information content (AvgIpc) is 2.90. The van der Waals surface area contributed by atoms with Crippen LogP contribution in [0, 0.1) is 12.8 Å². The minimum absolute atomic E-state index is 0.0487. The van der Waals surface area contributed by atoms with Crippen molar-refractivity contribution >= 4 is 15.7 Å². The number of nitrogens with zero attached hydrogens (tertiary/aromatic N) is 2. The van der Waals surface area contributed by atoms with Crippen LogP contribution in [0.2, 0.25) is 0 Å². The highest BCUT2D eigenvalue weighted by Gasteiger charge is 2.62. The van der Waals surface area contributed by atoms with Crippen LogP contribution in [0.25, 0.3) is 0 Å². The van der Waals surface area contributed by atoms with Gasteiger partial charge in [0.2, 0.25) is 5.76 Å². The number of amides is 1. The number of sulfone groups is 1. The quantitative estimate of drug-likeness (QED) is 0.795. The summed E-state index contributed by atoms with van der Waals surface area (Å²) < 4.78 is 34.1. The van der Waals surface area contributed by atoms with Crippen LogP contribution in [0.4, 0.5) is 0 Å². The van der Waals surface area contributed by atoms with Crippen molar-refractivity contribution in [2.45, 2.75) is 18.1 Å². The van der Waals surface area contributed by atoms with Crippen LogP contribution in [-0.4, -0.2) is 61.5 Å². The van der Waals surface area contributed by atoms with E-state index in [1.54, 1.807) is 14.0 Å². The summed E-state index contributed by atoms with van der Waals surface area (Å²) in [6.45, 7) is 2.51. The molecular weight excluding hydrogens is 296 g/mol. The second-order valence-corrected chi connectivity index (χ2v) is 8.20. The number of hydrogen-bond acceptors (Lipinski definition) is 6. The van der Waals surface area contributed by atoms with E-state index >= 15 is 0 Å². The van der Waals surface area contributed by atoms with Crippen LogP contribution in [0.15, 0.2) is 10.8 Å². The molecule has 1 spiro atoms. The summed E-state index contributed by atoms with van der Waals surface area (Å²) in [4.78, 5) is 17.7. The van der Waals surface area contributed by atoms with Gasteiger partial charge in [0.1, 0.15) is 4.75 Å². The van der Waals surface area contributed by atoms with E-state index < -0.39 is 14.6 Å². The zero-order valence-corrected chi connectivity index (χ0v) is 12.9. The van der Waals surface area contributed by atoms with Crippen molar-refractivity contribution in [2.75, 3.05) is 32.6 Å². The lowest BCUT2D eigenvalue weighted by atomic mass is 9.83. The van der Waals surface area contributed by atoms with Crippen molar-refractivity contribution < 1.29 is 22.4 Å². The Kier molecular flexibility index (Phi) is 3.32. The maximum Gasteiger partial charge on any atom is 0.291 e. The lowest BCUT2D eigenvalue weighted by Crippen LogP contribution is -2.68. The standard InChI is InChI=1S/C13H18N2O5S/c1-9-11(20-8-14-9)12(16)15-6-13(7-15)10(5-19-2)3-4-21(13,17)18/h8,10H,3-7H2,1-2H3. The van der Waals surface area contributed by atoms with Crippen LogP contribution in [-0.2, 0) is 14.6 Å². The Morgan fingerprint density at radius 2 is 2.29 bits per heavy atom. The Balaban J connectivity index is 1.79. The molecule has 2 aliphatic rings. The highest BCUT2D eigenvalue weighted by Crippen LogP contribution is 2.45. The van der Waals surface area contributed by atoms with Gasteiger partial charge in [-0.15, -0.1) is 0 Å². The van der Waals surface area contributed by atoms with E-state index in [4.69, 9.17) is 9.15 Å². The van der Waals surface area contributed by atoms with Gasteiger partial charge in [0, 0.05) is 26.1 Å². The van der Waals surface area contributed by atoms with Crippen molar-refractivity contribution in [1.82, 2.24) is 9.88 Å². The molecule has 0 bridgehead atoms. The molecule has 0 saturated carbocycles. The first-order valence-corrected chi connectivity index (χ1v) is 8.47. The van der Waals surface area contributed by atoms with Crippen LogP contribution < -0.4 is 0 Å². The van der Waals surface area contributed by atoms with Crippen LogP contribution in [0.1, 0.15) is 22.7 Å². The van der Waals surface area contributed by atoms with Gasteiger partial charge in [0.05, 0.1) is 18.1 Å². The van der Waals surface area contributed by atoms with Gasteiger partial charge in [-0.05, 0) is 13.3 Å². The number of ether oxygens (including phenoxy) is 1. The monoisotopic (exact) mass is 314 g/mol. The van der Waals surface area contributed by atoms with Crippen molar-refractivity contribution in [2.24, 2.45) is 5.92 Å². The molecule has 3 heterocycles. The van der Waals surface area contributed by atoms with Gasteiger partial charge in [-0.3, -0.25) is 4.79 Å². The van der Waals surface area contributed by atoms with Gasteiger partial charge < -0.3 is 14.1 Å². The predicted molar refractivity (Wildman–Crippen MR) is 73.6 cm³/mol. The smallest absolute Gasteiger partial charge is 0.291 e. The first-order valence-electron chi connectivity index (χ1n) is 6.82. The summed E-state index contributed by atoms with van der Waals surface area (Å²) in [5, 5.41) is 0. The lowest BCUT2D eigenvalue weighted by molar-refractivity contribution is 0.0311. The summed E-state index contributed by atoms with van der Waals surface area (Å²) in [6.07, 6.45) is 1.82. The minimum Gasteiger partial charge on any atom is -0.438 e. The van der Waals surface area contributed by atoms with E-state index in [2.05, 4.69) is 4.98 Å². The highest BCUT2D eigenvalue weighted by atomic mass is 32.2. The molecule has 0 N–H and O–H groups in total. The van der Waals surface area contributed by atoms with Crippen LogP contribution in [0.3, 0.4) is 0 Å². The molecule has 1 atom stereocenters. The van der Waals surface area contributed by atoms with Crippen LogP contribution in [0.5, 0.6) is 0 Å². The van der Waals surface area contributed by atoms with Gasteiger partial charge in [0.25, 0.3) is 5.91 Å². The molecule has 1 aromatic heterocycles. The van der Waals surface area contributed by atoms with Crippen molar-refractivity contribution in [3.8, 4) is 0 Å². The number of aryl methyl sites for hydroxylation is 1. The summed E-state index contributed by atoms with van der Waals surface area (Å²) in [6, 6.07) is 0. The van der Waals surface area contributed by atoms with Gasteiger partial charge in [-0.2, -0.15) is 0 Å². The van der Waals surface area contributed by atoms with E-state index in [-0.39, 0.29) is 36.4 Å². The maximum atomic E-state index is 12.3. The summed E-state index contributed by atoms with van der Waals surface area (Å²) in [7, 11) is -1.62. The number of carbonyl (C=O) groups excluding carboxylic acids is 1. The largest absolute Gasteiger partial charge is 0.438 e. The molecule has 7 nitrogen and oxygen atoms in total. The first-order chi connectivity index (χ1) is 9.91. The Hall–Kier alpha value is -1.41. The summed E-state index contributed by atoms with van der Waals surface area (Å²) in [5.41, 5.74) is 0.517. The molecule has 116 valence electrons. The van der Waals surface area contributed by atoms with E-state index in [1.165, 1.54) is 11.3 Å². The fourth-order valence-corrected chi connectivity index (χ4v) is 5.70. The second kappa shape index (κ2) is 4.81. The number of methoxy groups -OCH3 is 1. The van der Waals surface area contributed by atoms with Gasteiger partial charge in [0.15, 0.2) is 16.2 Å². The average molecular weight is 314 g/mol. The first kappa shape index (κ1) is 14.5. The second-order valence-electron chi connectivity index (χ2n) is 5.75. The van der Waals surface area contributed by atoms with Crippen LogP contribution >= 0.6 is 0 Å². The molecule has 8 heteroatoms. The fraction of sp³-hybridized carbons (Fsp3) is 0.692. The highest BCUT2D eigenvalue weighted by molar-refractivity contribution is 7.93. The number of carbonyl (C=O) groups is 1. The molecule has 2 saturated heterocycles. The molecule has 21 heavy (non-hydrogen) atoms. The zero-order valence-electron chi connectivity index (χ0n) is 12.0. The molecule has 1 aromatic rings. The predicted octanol–water partition coefficient (Wildman–Crippen LogP) is 0.259. The molecular formula is C13H18N2O5S. The molecule has 0 radical (unpaired) electrons. The van der Waals surface area contributed by atoms with E-state index in [1.807, 2.05) is 0 Å². The minimum atomic E-state index is -3.19. The molecule has 2 aliphatic heterocycles. The third-order valence-corrected chi connectivity index (χ3v) is 7.21. The number of oxazole rings is 1. The molecule has 0 aromatic carbocycles. The molecule has 1 amide bonds. The van der Waals surface area contributed by atoms with E-state index in [0.717, 1.165) is 0 Å². The third kappa shape index (κ3) is 2.00. The maximum absolute atomic E-state index is 12.3. The zero-order chi connectivity index (χ0) is 15.3.